The van der Waals surface area contributed by atoms with E-state index in [1.165, 1.54) is 36.5 Å². The molecule has 0 spiro atoms. The number of rotatable bonds is 7. The number of sulfonamides is 2. The lowest BCUT2D eigenvalue weighted by Crippen LogP contribution is -2.29. The average molecular weight is 548 g/mol. The molecule has 1 aromatic heterocycles. The van der Waals surface area contributed by atoms with E-state index in [4.69, 9.17) is 17.0 Å². The number of benzene rings is 2. The molecule has 2 N–H and O–H groups in total. The zero-order valence-electron chi connectivity index (χ0n) is 15.3. The minimum absolute atomic E-state index is 0.232. The van der Waals surface area contributed by atoms with Crippen LogP contribution in [0.2, 0.25) is 0 Å². The zero-order chi connectivity index (χ0) is 22.8. The maximum atomic E-state index is 14.5. The second-order valence-corrected chi connectivity index (χ2v) is 10.9. The molecule has 0 saturated carbocycles. The topological polar surface area (TPSA) is 124 Å². The fraction of sp³-hybridized carbons (Fsp3) is 0. The molecule has 0 amide bonds. The van der Waals surface area contributed by atoms with Crippen molar-refractivity contribution in [3.63, 3.8) is 0 Å². The van der Waals surface area contributed by atoms with Gasteiger partial charge in [-0.1, -0.05) is 41.9 Å². The van der Waals surface area contributed by atoms with E-state index >= 15 is 0 Å². The minimum Gasteiger partial charge on any atom is -0.345 e. The quantitative estimate of drug-likeness (QED) is 0.337. The summed E-state index contributed by atoms with van der Waals surface area (Å²) in [6.45, 7) is 0. The number of nitrogens with one attached hydrogen (secondary N) is 2. The van der Waals surface area contributed by atoms with Crippen molar-refractivity contribution in [2.24, 2.45) is 4.99 Å². The summed E-state index contributed by atoms with van der Waals surface area (Å²) < 4.78 is 63.4. The fourth-order valence-electron chi connectivity index (χ4n) is 2.45. The molecule has 0 unspecified atom stereocenters. The molecule has 0 atom stereocenters. The Morgan fingerprint density at radius 2 is 1.58 bits per heavy atom. The molecule has 0 aliphatic rings. The van der Waals surface area contributed by atoms with Crippen LogP contribution in [-0.4, -0.2) is 37.1 Å². The van der Waals surface area contributed by atoms with Crippen LogP contribution in [0, 0.1) is 5.41 Å². The Hall–Kier alpha value is -2.38. The predicted octanol–water partition coefficient (Wildman–Crippen LogP) is 4.36. The van der Waals surface area contributed by atoms with Crippen LogP contribution in [0.15, 0.2) is 80.1 Å². The van der Waals surface area contributed by atoms with Gasteiger partial charge in [-0.2, -0.15) is 0 Å². The predicted molar refractivity (Wildman–Crippen MR) is 119 cm³/mol. The summed E-state index contributed by atoms with van der Waals surface area (Å²) in [4.78, 5) is 5.92. The largest absolute Gasteiger partial charge is 0.345 e. The van der Waals surface area contributed by atoms with Crippen LogP contribution in [0.3, 0.4) is 0 Å². The Balaban J connectivity index is 1.86. The third-order valence-corrected chi connectivity index (χ3v) is 8.45. The van der Waals surface area contributed by atoms with Gasteiger partial charge in [-0.15, -0.1) is 4.48 Å². The molecule has 162 valence electrons. The van der Waals surface area contributed by atoms with Gasteiger partial charge in [-0.25, -0.2) is 21.8 Å². The molecule has 3 aromatic rings. The second kappa shape index (κ2) is 9.01. The first-order chi connectivity index (χ1) is 14.5. The number of aromatic amines is 1. The molecule has 0 radical (unpaired) electrons. The summed E-state index contributed by atoms with van der Waals surface area (Å²) in [7, 11) is -9.87. The van der Waals surface area contributed by atoms with Gasteiger partial charge in [-0.05, 0) is 45.8 Å². The standard InChI is InChI=1S/C18H13BrClFN4O4S2/c19-15-11-24-18(16(15)17(20)22)23-10-12-6-8-14(9-7-12)31(28,29)25(21)30(26,27)13-4-2-1-3-5-13/h1-11,22,24H. The molecule has 0 saturated heterocycles. The first-order valence-corrected chi connectivity index (χ1v) is 12.4. The number of halogens is 3. The van der Waals surface area contributed by atoms with Crippen LogP contribution in [0.4, 0.5) is 10.3 Å². The fourth-order valence-corrected chi connectivity index (χ4v) is 6.12. The Morgan fingerprint density at radius 1 is 1.03 bits per heavy atom. The number of nitrogens with zero attached hydrogens (tertiary/aromatic N) is 2. The van der Waals surface area contributed by atoms with E-state index in [1.807, 2.05) is 0 Å². The molecular formula is C18H13BrClFN4O4S2. The van der Waals surface area contributed by atoms with E-state index in [0.717, 1.165) is 24.3 Å². The van der Waals surface area contributed by atoms with Gasteiger partial charge in [0.15, 0.2) is 0 Å². The van der Waals surface area contributed by atoms with Gasteiger partial charge in [0.2, 0.25) is 0 Å². The van der Waals surface area contributed by atoms with Crippen molar-refractivity contribution in [3.8, 4) is 0 Å². The summed E-state index contributed by atoms with van der Waals surface area (Å²) in [5, 5.41) is 7.32. The molecule has 13 heteroatoms. The van der Waals surface area contributed by atoms with Gasteiger partial charge >= 0.3 is 0 Å². The van der Waals surface area contributed by atoms with Crippen LogP contribution in [-0.2, 0) is 20.0 Å². The molecule has 0 fully saturated rings. The van der Waals surface area contributed by atoms with Crippen molar-refractivity contribution in [2.45, 2.75) is 9.79 Å². The van der Waals surface area contributed by atoms with Crippen LogP contribution in [0.5, 0.6) is 0 Å². The maximum absolute atomic E-state index is 14.5. The molecule has 0 aliphatic heterocycles. The second-order valence-electron chi connectivity index (χ2n) is 5.98. The lowest BCUT2D eigenvalue weighted by atomic mass is 10.2. The van der Waals surface area contributed by atoms with E-state index < -0.39 is 33.8 Å². The van der Waals surface area contributed by atoms with Gasteiger partial charge in [0, 0.05) is 16.9 Å². The van der Waals surface area contributed by atoms with Crippen LogP contribution < -0.4 is 0 Å². The Labute approximate surface area is 191 Å². The summed E-state index contributed by atoms with van der Waals surface area (Å²) in [6.07, 6.45) is 2.92. The molecule has 31 heavy (non-hydrogen) atoms. The summed E-state index contributed by atoms with van der Waals surface area (Å²) >= 11 is 8.96. The zero-order valence-corrected chi connectivity index (χ0v) is 19.3. The lowest BCUT2D eigenvalue weighted by Gasteiger charge is -2.13. The summed E-state index contributed by atoms with van der Waals surface area (Å²) in [5.74, 6) is 0.299. The van der Waals surface area contributed by atoms with E-state index in [-0.39, 0.29) is 5.17 Å². The highest BCUT2D eigenvalue weighted by molar-refractivity contribution is 9.10. The number of H-pyrrole nitrogens is 1. The van der Waals surface area contributed by atoms with E-state index in [9.17, 15) is 21.3 Å². The van der Waals surface area contributed by atoms with Gasteiger partial charge in [0.25, 0.3) is 20.0 Å². The van der Waals surface area contributed by atoms with Crippen LogP contribution in [0.1, 0.15) is 11.1 Å². The third kappa shape index (κ3) is 4.77. The molecule has 2 aromatic carbocycles. The van der Waals surface area contributed by atoms with E-state index in [1.54, 1.807) is 6.20 Å². The van der Waals surface area contributed by atoms with Gasteiger partial charge in [-0.3, -0.25) is 5.41 Å². The molecule has 8 nitrogen and oxygen atoms in total. The first-order valence-electron chi connectivity index (χ1n) is 8.32. The molecular weight excluding hydrogens is 535 g/mol. The highest BCUT2D eigenvalue weighted by Crippen LogP contribution is 2.28. The monoisotopic (exact) mass is 546 g/mol. The highest BCUT2D eigenvalue weighted by atomic mass is 79.9. The van der Waals surface area contributed by atoms with Crippen molar-refractivity contribution in [2.75, 3.05) is 0 Å². The average Bonchev–Trinajstić information content (AvgIpc) is 3.13. The van der Waals surface area contributed by atoms with Crippen molar-refractivity contribution in [1.82, 2.24) is 8.92 Å². The number of aromatic nitrogens is 1. The van der Waals surface area contributed by atoms with Gasteiger partial charge < -0.3 is 4.98 Å². The lowest BCUT2D eigenvalue weighted by molar-refractivity contribution is 0.250. The van der Waals surface area contributed by atoms with Gasteiger partial charge in [0.1, 0.15) is 11.0 Å². The Kier molecular flexibility index (Phi) is 6.76. The maximum Gasteiger partial charge on any atom is 0.283 e. The van der Waals surface area contributed by atoms with Crippen LogP contribution >= 0.6 is 27.5 Å². The van der Waals surface area contributed by atoms with Crippen LogP contribution in [0.25, 0.3) is 0 Å². The summed E-state index contributed by atoms with van der Waals surface area (Å²) in [6, 6.07) is 11.1. The Bertz CT molecular complexity index is 1360. The first kappa shape index (κ1) is 23.3. The number of hydrogen-bond acceptors (Lipinski definition) is 6. The molecule has 1 heterocycles. The molecule has 0 aliphatic carbocycles. The SMILES string of the molecule is N=C(Cl)c1c(Br)c[nH]c1N=Cc1ccc(S(=O)(=O)N(F)S(=O)(=O)c2ccccc2)cc1. The van der Waals surface area contributed by atoms with Crippen molar-refractivity contribution in [1.29, 1.82) is 5.41 Å². The minimum atomic E-state index is -4.97. The van der Waals surface area contributed by atoms with Crippen molar-refractivity contribution in [3.05, 3.63) is 76.4 Å². The normalized spacial score (nSPS) is 12.5. The molecule has 3 rings (SSSR count). The van der Waals surface area contributed by atoms with Crippen molar-refractivity contribution < 1.29 is 21.3 Å². The van der Waals surface area contributed by atoms with Gasteiger partial charge in [0.05, 0.1) is 19.3 Å². The third-order valence-electron chi connectivity index (χ3n) is 3.97. The smallest absolute Gasteiger partial charge is 0.283 e. The van der Waals surface area contributed by atoms with E-state index in [0.29, 0.717) is 21.4 Å². The Morgan fingerprint density at radius 3 is 2.13 bits per heavy atom. The van der Waals surface area contributed by atoms with E-state index in [2.05, 4.69) is 25.9 Å². The highest BCUT2D eigenvalue weighted by Gasteiger charge is 2.37. The number of hydrogen-bond donors (Lipinski definition) is 2. The summed E-state index contributed by atoms with van der Waals surface area (Å²) in [5.41, 5.74) is 0.782. The van der Waals surface area contributed by atoms with Crippen molar-refractivity contribution >= 4 is 64.8 Å². The molecule has 0 bridgehead atoms. The number of aliphatic imine (C=N–C) groups is 1.